The average molecular weight is 485 g/mol. The molecule has 170 valence electrons. The second-order valence-corrected chi connectivity index (χ2v) is 7.71. The number of nitrogens with zero attached hydrogens (tertiary/aromatic N) is 5. The van der Waals surface area contributed by atoms with Gasteiger partial charge < -0.3 is 15.6 Å². The number of aromatic nitrogens is 5. The highest BCUT2D eigenvalue weighted by atomic mass is 35.5. The van der Waals surface area contributed by atoms with E-state index in [1.54, 1.807) is 18.3 Å². The van der Waals surface area contributed by atoms with E-state index in [-0.39, 0.29) is 21.8 Å². The Morgan fingerprint density at radius 2 is 1.97 bits per heavy atom. The van der Waals surface area contributed by atoms with E-state index in [1.165, 1.54) is 49.1 Å². The molecule has 35 heavy (non-hydrogen) atoms. The molecule has 0 atom stereocenters. The summed E-state index contributed by atoms with van der Waals surface area (Å²) in [5.41, 5.74) is 3.09. The predicted molar refractivity (Wildman–Crippen MR) is 129 cm³/mol. The summed E-state index contributed by atoms with van der Waals surface area (Å²) in [6.45, 7) is 0. The van der Waals surface area contributed by atoms with Gasteiger partial charge in [0.1, 0.15) is 35.2 Å². The summed E-state index contributed by atoms with van der Waals surface area (Å²) in [7, 11) is 0. The summed E-state index contributed by atoms with van der Waals surface area (Å²) in [6.07, 6.45) is 4.47. The van der Waals surface area contributed by atoms with Crippen molar-refractivity contribution in [1.29, 1.82) is 5.26 Å². The molecule has 3 aromatic heterocycles. The van der Waals surface area contributed by atoms with Gasteiger partial charge in [0.15, 0.2) is 5.65 Å². The molecule has 11 heteroatoms. The lowest BCUT2D eigenvalue weighted by molar-refractivity contribution is 0.102. The van der Waals surface area contributed by atoms with Crippen LogP contribution >= 0.6 is 11.6 Å². The minimum atomic E-state index is -0.549. The van der Waals surface area contributed by atoms with E-state index in [2.05, 4.69) is 35.6 Å². The molecule has 5 rings (SSSR count). The number of H-pyrrole nitrogens is 1. The lowest BCUT2D eigenvalue weighted by Crippen LogP contribution is -2.12. The van der Waals surface area contributed by atoms with Crippen LogP contribution in [0.4, 0.5) is 21.6 Å². The second-order valence-electron chi connectivity index (χ2n) is 7.30. The van der Waals surface area contributed by atoms with Crippen molar-refractivity contribution in [2.24, 2.45) is 0 Å². The van der Waals surface area contributed by atoms with Gasteiger partial charge in [0.2, 0.25) is 0 Å². The number of fused-ring (bicyclic) bond motifs is 1. The molecule has 9 nitrogen and oxygen atoms in total. The lowest BCUT2D eigenvalue weighted by Gasteiger charge is -2.13. The molecule has 0 bridgehead atoms. The molecule has 0 aliphatic heterocycles. The van der Waals surface area contributed by atoms with Crippen LogP contribution in [-0.4, -0.2) is 30.8 Å². The third-order valence-electron chi connectivity index (χ3n) is 5.11. The minimum Gasteiger partial charge on any atom is -0.341 e. The highest BCUT2D eigenvalue weighted by Crippen LogP contribution is 2.32. The standard InChI is InChI=1S/C24H14ClFN8O/c25-17-5-3-13(8-14(17)10-27)24(35)33-15-4-6-18(26)19(9-15)34-22-16(2-1-7-28-22)20-21-23(31-11-29-20)32-12-30-21/h1-9,11-12H,(H,28,34)(H,33,35)(H,29,30,31,32). The van der Waals surface area contributed by atoms with Crippen LogP contribution in [0, 0.1) is 17.1 Å². The maximum Gasteiger partial charge on any atom is 0.255 e. The molecule has 1 amide bonds. The molecule has 0 fully saturated rings. The minimum absolute atomic E-state index is 0.0893. The van der Waals surface area contributed by atoms with E-state index in [0.717, 1.165) is 0 Å². The van der Waals surface area contributed by atoms with Gasteiger partial charge in [-0.15, -0.1) is 0 Å². The van der Waals surface area contributed by atoms with Crippen molar-refractivity contribution in [3.8, 4) is 17.3 Å². The molecular formula is C24H14ClFN8O. The Hall–Kier alpha value is -4.88. The zero-order chi connectivity index (χ0) is 24.4. The maximum atomic E-state index is 14.7. The number of pyridine rings is 1. The molecule has 5 aromatic rings. The van der Waals surface area contributed by atoms with Crippen molar-refractivity contribution < 1.29 is 9.18 Å². The summed E-state index contributed by atoms with van der Waals surface area (Å²) in [5.74, 6) is -0.676. The zero-order valence-electron chi connectivity index (χ0n) is 17.8. The molecule has 0 radical (unpaired) electrons. The number of hydrogen-bond acceptors (Lipinski definition) is 7. The molecule has 2 aromatic carbocycles. The van der Waals surface area contributed by atoms with Crippen LogP contribution in [-0.2, 0) is 0 Å². The highest BCUT2D eigenvalue weighted by Gasteiger charge is 2.16. The third kappa shape index (κ3) is 4.36. The fourth-order valence-electron chi connectivity index (χ4n) is 3.45. The van der Waals surface area contributed by atoms with Crippen molar-refractivity contribution in [3.63, 3.8) is 0 Å². The van der Waals surface area contributed by atoms with E-state index in [0.29, 0.717) is 33.9 Å². The van der Waals surface area contributed by atoms with Gasteiger partial charge in [0.05, 0.1) is 22.6 Å². The van der Waals surface area contributed by atoms with Gasteiger partial charge in [-0.25, -0.2) is 24.3 Å². The number of rotatable bonds is 5. The molecule has 3 heterocycles. The number of nitrogens with one attached hydrogen (secondary N) is 3. The third-order valence-corrected chi connectivity index (χ3v) is 5.44. The lowest BCUT2D eigenvalue weighted by atomic mass is 10.1. The Bertz CT molecular complexity index is 1630. The van der Waals surface area contributed by atoms with Crippen LogP contribution < -0.4 is 10.6 Å². The first kappa shape index (κ1) is 21.9. The monoisotopic (exact) mass is 484 g/mol. The van der Waals surface area contributed by atoms with Crippen LogP contribution in [0.2, 0.25) is 5.02 Å². The quantitative estimate of drug-likeness (QED) is 0.317. The average Bonchev–Trinajstić information content (AvgIpc) is 3.36. The topological polar surface area (TPSA) is 132 Å². The van der Waals surface area contributed by atoms with Crippen LogP contribution in [0.1, 0.15) is 15.9 Å². The highest BCUT2D eigenvalue weighted by molar-refractivity contribution is 6.31. The van der Waals surface area contributed by atoms with Crippen LogP contribution in [0.25, 0.3) is 22.4 Å². The van der Waals surface area contributed by atoms with Crippen molar-refractivity contribution in [3.05, 3.63) is 89.3 Å². The van der Waals surface area contributed by atoms with Crippen molar-refractivity contribution in [2.75, 3.05) is 10.6 Å². The number of nitriles is 1. The fourth-order valence-corrected chi connectivity index (χ4v) is 3.61. The SMILES string of the molecule is N#Cc1cc(C(=O)Nc2ccc(F)c(Nc3ncccc3-c3ncnc4nc[nH]c34)c2)ccc1Cl. The molecule has 0 unspecified atom stereocenters. The normalized spacial score (nSPS) is 10.7. The predicted octanol–water partition coefficient (Wildman–Crippen LogP) is 5.07. The van der Waals surface area contributed by atoms with E-state index in [1.807, 2.05) is 6.07 Å². The van der Waals surface area contributed by atoms with Gasteiger partial charge in [-0.05, 0) is 48.5 Å². The Kier molecular flexibility index (Phi) is 5.75. The smallest absolute Gasteiger partial charge is 0.255 e. The summed E-state index contributed by atoms with van der Waals surface area (Å²) in [5, 5.41) is 15.1. The van der Waals surface area contributed by atoms with Gasteiger partial charge in [-0.1, -0.05) is 11.6 Å². The van der Waals surface area contributed by atoms with Crippen LogP contribution in [0.5, 0.6) is 0 Å². The largest absolute Gasteiger partial charge is 0.341 e. The molecule has 0 aliphatic rings. The van der Waals surface area contributed by atoms with Crippen LogP contribution in [0.3, 0.4) is 0 Å². The number of carbonyl (C=O) groups excluding carboxylic acids is 1. The summed E-state index contributed by atoms with van der Waals surface area (Å²) >= 11 is 5.94. The number of hydrogen-bond donors (Lipinski definition) is 3. The Labute approximate surface area is 202 Å². The van der Waals surface area contributed by atoms with Gasteiger partial charge in [-0.2, -0.15) is 5.26 Å². The molecule has 0 aliphatic carbocycles. The number of carbonyl (C=O) groups is 1. The number of anilines is 3. The van der Waals surface area contributed by atoms with Crippen LogP contribution in [0.15, 0.2) is 67.4 Å². The zero-order valence-corrected chi connectivity index (χ0v) is 18.5. The van der Waals surface area contributed by atoms with Crippen molar-refractivity contribution in [2.45, 2.75) is 0 Å². The van der Waals surface area contributed by atoms with Crippen molar-refractivity contribution in [1.82, 2.24) is 24.9 Å². The molecule has 0 saturated carbocycles. The second kappa shape index (κ2) is 9.17. The first-order valence-electron chi connectivity index (χ1n) is 10.2. The van der Waals surface area contributed by atoms with Gasteiger partial charge in [0, 0.05) is 23.0 Å². The van der Waals surface area contributed by atoms with E-state index >= 15 is 0 Å². The fraction of sp³-hybridized carbons (Fsp3) is 0. The molecular weight excluding hydrogens is 471 g/mol. The number of aromatic amines is 1. The molecule has 0 spiro atoms. The van der Waals surface area contributed by atoms with Gasteiger partial charge >= 0.3 is 0 Å². The maximum absolute atomic E-state index is 14.7. The summed E-state index contributed by atoms with van der Waals surface area (Å²) < 4.78 is 14.7. The van der Waals surface area contributed by atoms with E-state index in [4.69, 9.17) is 16.9 Å². The van der Waals surface area contributed by atoms with E-state index < -0.39 is 11.7 Å². The number of imidazole rings is 1. The summed E-state index contributed by atoms with van der Waals surface area (Å²) in [4.78, 5) is 32.6. The molecule has 0 saturated heterocycles. The van der Waals surface area contributed by atoms with E-state index in [9.17, 15) is 9.18 Å². The Morgan fingerprint density at radius 1 is 1.09 bits per heavy atom. The summed E-state index contributed by atoms with van der Waals surface area (Å²) in [6, 6.07) is 13.9. The number of halogens is 2. The first-order chi connectivity index (χ1) is 17.0. The number of benzene rings is 2. The molecule has 3 N–H and O–H groups in total. The first-order valence-corrected chi connectivity index (χ1v) is 10.6. The Morgan fingerprint density at radius 3 is 2.83 bits per heavy atom. The van der Waals surface area contributed by atoms with Gasteiger partial charge in [0.25, 0.3) is 5.91 Å². The van der Waals surface area contributed by atoms with Crippen molar-refractivity contribution >= 4 is 45.9 Å². The number of amides is 1. The Balaban J connectivity index is 1.45. The van der Waals surface area contributed by atoms with Gasteiger partial charge in [-0.3, -0.25) is 4.79 Å².